The Bertz CT molecular complexity index is 575. The second-order valence-corrected chi connectivity index (χ2v) is 4.58. The van der Waals surface area contributed by atoms with Crippen molar-refractivity contribution in [3.63, 3.8) is 0 Å². The highest BCUT2D eigenvalue weighted by atomic mass is 16.5. The van der Waals surface area contributed by atoms with Gasteiger partial charge in [-0.1, -0.05) is 25.1 Å². The fraction of sp³-hybridized carbons (Fsp3) is 0.467. The summed E-state index contributed by atoms with van der Waals surface area (Å²) in [6.07, 6.45) is 0.725. The van der Waals surface area contributed by atoms with Crippen LogP contribution in [-0.2, 0) is 23.0 Å². The molecule has 0 N–H and O–H groups in total. The monoisotopic (exact) mass is 260 g/mol. The van der Waals surface area contributed by atoms with Crippen molar-refractivity contribution in [1.82, 2.24) is 9.78 Å². The molecule has 4 nitrogen and oxygen atoms in total. The van der Waals surface area contributed by atoms with Crippen molar-refractivity contribution in [3.05, 3.63) is 30.0 Å². The fourth-order valence-electron chi connectivity index (χ4n) is 2.34. The molecule has 1 unspecified atom stereocenters. The van der Waals surface area contributed by atoms with Crippen LogP contribution in [0.4, 0.5) is 0 Å². The average molecular weight is 260 g/mol. The first-order valence-electron chi connectivity index (χ1n) is 6.72. The summed E-state index contributed by atoms with van der Waals surface area (Å²) in [7, 11) is 1.90. The summed E-state index contributed by atoms with van der Waals surface area (Å²) in [4.78, 5) is 12.2. The summed E-state index contributed by atoms with van der Waals surface area (Å²) < 4.78 is 7.28. The quantitative estimate of drug-likeness (QED) is 0.801. The minimum Gasteiger partial charge on any atom is -0.371 e. The molecule has 0 amide bonds. The molecule has 0 aliphatic rings. The van der Waals surface area contributed by atoms with Gasteiger partial charge in [0, 0.05) is 19.0 Å². The van der Waals surface area contributed by atoms with Crippen LogP contribution in [-0.4, -0.2) is 28.3 Å². The number of carbonyl (C=O) groups is 1. The Labute approximate surface area is 113 Å². The molecule has 0 fully saturated rings. The van der Waals surface area contributed by atoms with Gasteiger partial charge in [-0.3, -0.25) is 9.48 Å². The van der Waals surface area contributed by atoms with Crippen molar-refractivity contribution in [1.29, 1.82) is 0 Å². The van der Waals surface area contributed by atoms with Crippen LogP contribution in [0.2, 0.25) is 0 Å². The van der Waals surface area contributed by atoms with Gasteiger partial charge >= 0.3 is 0 Å². The minimum atomic E-state index is -0.314. The number of ketones is 1. The van der Waals surface area contributed by atoms with E-state index >= 15 is 0 Å². The highest BCUT2D eigenvalue weighted by Crippen LogP contribution is 2.18. The van der Waals surface area contributed by atoms with Gasteiger partial charge in [-0.15, -0.1) is 0 Å². The molecule has 1 aromatic heterocycles. The van der Waals surface area contributed by atoms with E-state index in [0.717, 1.165) is 16.6 Å². The lowest BCUT2D eigenvalue weighted by molar-refractivity contribution is -0.129. The van der Waals surface area contributed by atoms with E-state index in [1.807, 2.05) is 49.8 Å². The molecule has 102 valence electrons. The zero-order chi connectivity index (χ0) is 13.8. The third-order valence-corrected chi connectivity index (χ3v) is 3.27. The van der Waals surface area contributed by atoms with E-state index in [1.165, 1.54) is 0 Å². The largest absolute Gasteiger partial charge is 0.371 e. The predicted octanol–water partition coefficient (Wildman–Crippen LogP) is 2.50. The van der Waals surface area contributed by atoms with Gasteiger partial charge in [0.15, 0.2) is 5.78 Å². The molecule has 0 saturated carbocycles. The topological polar surface area (TPSA) is 44.1 Å². The van der Waals surface area contributed by atoms with E-state index in [9.17, 15) is 4.79 Å². The van der Waals surface area contributed by atoms with E-state index in [0.29, 0.717) is 19.4 Å². The maximum absolute atomic E-state index is 12.2. The summed E-state index contributed by atoms with van der Waals surface area (Å²) in [5.41, 5.74) is 1.89. The fourth-order valence-corrected chi connectivity index (χ4v) is 2.34. The van der Waals surface area contributed by atoms with Gasteiger partial charge in [-0.2, -0.15) is 5.10 Å². The average Bonchev–Trinajstić information content (AvgIpc) is 2.73. The van der Waals surface area contributed by atoms with E-state index in [2.05, 4.69) is 5.10 Å². The first kappa shape index (κ1) is 13.7. The molecule has 0 spiro atoms. The molecule has 2 rings (SSSR count). The molecule has 0 aliphatic carbocycles. The van der Waals surface area contributed by atoms with Gasteiger partial charge in [-0.05, 0) is 19.4 Å². The number of fused-ring (bicyclic) bond motifs is 1. The molecule has 1 atom stereocenters. The van der Waals surface area contributed by atoms with Gasteiger partial charge in [0.1, 0.15) is 6.10 Å². The van der Waals surface area contributed by atoms with Crippen molar-refractivity contribution in [2.75, 3.05) is 6.61 Å². The van der Waals surface area contributed by atoms with Crippen LogP contribution < -0.4 is 0 Å². The number of aromatic nitrogens is 2. The van der Waals surface area contributed by atoms with Crippen LogP contribution in [0.5, 0.6) is 0 Å². The smallest absolute Gasteiger partial charge is 0.167 e. The number of para-hydroxylation sites is 1. The van der Waals surface area contributed by atoms with Crippen LogP contribution in [0.3, 0.4) is 0 Å². The Morgan fingerprint density at radius 1 is 1.37 bits per heavy atom. The number of ether oxygens (including phenoxy) is 1. The third-order valence-electron chi connectivity index (χ3n) is 3.27. The van der Waals surface area contributed by atoms with E-state index in [-0.39, 0.29) is 11.9 Å². The number of nitrogens with zero attached hydrogens (tertiary/aromatic N) is 2. The molecule has 0 radical (unpaired) electrons. The minimum absolute atomic E-state index is 0.105. The van der Waals surface area contributed by atoms with Gasteiger partial charge < -0.3 is 4.74 Å². The lowest BCUT2D eigenvalue weighted by Crippen LogP contribution is -2.25. The van der Waals surface area contributed by atoms with Crippen LogP contribution in [0.25, 0.3) is 10.9 Å². The standard InChI is InChI=1S/C15H20N2O2/c1-4-15(19-5-2)14(18)10-12-11-8-6-7-9-13(11)17(3)16-12/h6-9,15H,4-5,10H2,1-3H3. The number of benzene rings is 1. The van der Waals surface area contributed by atoms with Crippen molar-refractivity contribution >= 4 is 16.7 Å². The molecule has 1 aromatic carbocycles. The van der Waals surface area contributed by atoms with Gasteiger partial charge in [0.25, 0.3) is 0 Å². The second kappa shape index (κ2) is 5.97. The zero-order valence-electron chi connectivity index (χ0n) is 11.7. The SMILES string of the molecule is CCOC(CC)C(=O)Cc1nn(C)c2ccccc12. The number of aryl methyl sites for hydroxylation is 1. The van der Waals surface area contributed by atoms with Gasteiger partial charge in [-0.25, -0.2) is 0 Å². The first-order valence-corrected chi connectivity index (χ1v) is 6.72. The van der Waals surface area contributed by atoms with Crippen molar-refractivity contribution in [2.45, 2.75) is 32.8 Å². The molecule has 2 aromatic rings. The van der Waals surface area contributed by atoms with Crippen molar-refractivity contribution in [3.8, 4) is 0 Å². The van der Waals surface area contributed by atoms with E-state index in [1.54, 1.807) is 0 Å². The highest BCUT2D eigenvalue weighted by Gasteiger charge is 2.19. The summed E-state index contributed by atoms with van der Waals surface area (Å²) in [6, 6.07) is 7.96. The Morgan fingerprint density at radius 3 is 2.79 bits per heavy atom. The zero-order valence-corrected chi connectivity index (χ0v) is 11.7. The van der Waals surface area contributed by atoms with Crippen LogP contribution in [0.1, 0.15) is 26.0 Å². The number of hydrogen-bond acceptors (Lipinski definition) is 3. The van der Waals surface area contributed by atoms with Gasteiger partial charge in [0.2, 0.25) is 0 Å². The van der Waals surface area contributed by atoms with Crippen LogP contribution in [0.15, 0.2) is 24.3 Å². The number of carbonyl (C=O) groups excluding carboxylic acids is 1. The second-order valence-electron chi connectivity index (χ2n) is 4.58. The lowest BCUT2D eigenvalue weighted by atomic mass is 10.1. The summed E-state index contributed by atoms with van der Waals surface area (Å²) in [6.45, 7) is 4.44. The third kappa shape index (κ3) is 2.84. The molecular formula is C15H20N2O2. The summed E-state index contributed by atoms with van der Waals surface area (Å²) in [5, 5.41) is 5.49. The summed E-state index contributed by atoms with van der Waals surface area (Å²) in [5.74, 6) is 0.105. The highest BCUT2D eigenvalue weighted by molar-refractivity contribution is 5.90. The molecule has 0 bridgehead atoms. The van der Waals surface area contributed by atoms with Crippen molar-refractivity contribution < 1.29 is 9.53 Å². The number of Topliss-reactive ketones (excluding diaryl/α,β-unsaturated/α-hetero) is 1. The molecule has 19 heavy (non-hydrogen) atoms. The Morgan fingerprint density at radius 2 is 2.11 bits per heavy atom. The van der Waals surface area contributed by atoms with E-state index in [4.69, 9.17) is 4.74 Å². The van der Waals surface area contributed by atoms with E-state index < -0.39 is 0 Å². The number of hydrogen-bond donors (Lipinski definition) is 0. The maximum Gasteiger partial charge on any atom is 0.167 e. The Kier molecular flexibility index (Phi) is 4.32. The molecule has 1 heterocycles. The van der Waals surface area contributed by atoms with Crippen molar-refractivity contribution in [2.24, 2.45) is 7.05 Å². The van der Waals surface area contributed by atoms with Gasteiger partial charge in [0.05, 0.1) is 17.6 Å². The lowest BCUT2D eigenvalue weighted by Gasteiger charge is -2.12. The normalized spacial score (nSPS) is 12.8. The molecule has 0 saturated heterocycles. The molecule has 0 aliphatic heterocycles. The summed E-state index contributed by atoms with van der Waals surface area (Å²) >= 11 is 0. The van der Waals surface area contributed by atoms with Crippen LogP contribution in [0, 0.1) is 0 Å². The Hall–Kier alpha value is -1.68. The molecular weight excluding hydrogens is 240 g/mol. The maximum atomic E-state index is 12.2. The molecule has 4 heteroatoms. The number of rotatable bonds is 6. The first-order chi connectivity index (χ1) is 9.17. The van der Waals surface area contributed by atoms with Crippen LogP contribution >= 0.6 is 0 Å². The predicted molar refractivity (Wildman–Crippen MR) is 75.1 cm³/mol. The Balaban J connectivity index is 2.24.